The summed E-state index contributed by atoms with van der Waals surface area (Å²) < 4.78 is 6.72. The van der Waals surface area contributed by atoms with E-state index in [-0.39, 0.29) is 24.0 Å². The van der Waals surface area contributed by atoms with E-state index in [1.165, 1.54) is 30.1 Å². The molecule has 1 aromatic carbocycles. The number of benzene rings is 1. The van der Waals surface area contributed by atoms with Crippen LogP contribution in [0.2, 0.25) is 0 Å². The molecule has 0 saturated heterocycles. The Morgan fingerprint density at radius 3 is 2.64 bits per heavy atom. The number of para-hydroxylation sites is 1. The Kier molecular flexibility index (Phi) is 7.37. The molecule has 1 N–H and O–H groups in total. The number of amides is 1. The number of anilines is 1. The van der Waals surface area contributed by atoms with Crippen molar-refractivity contribution in [3.05, 3.63) is 48.2 Å². The van der Waals surface area contributed by atoms with Crippen molar-refractivity contribution in [3.8, 4) is 5.82 Å². The molecule has 1 saturated carbocycles. The lowest BCUT2D eigenvalue weighted by atomic mass is 9.79. The molecule has 1 fully saturated rings. The first-order valence-corrected chi connectivity index (χ1v) is 12.0. The summed E-state index contributed by atoms with van der Waals surface area (Å²) in [6.07, 6.45) is 9.05. The van der Waals surface area contributed by atoms with Gasteiger partial charge in [0, 0.05) is 11.3 Å². The van der Waals surface area contributed by atoms with E-state index in [0.29, 0.717) is 11.6 Å². The Bertz CT molecular complexity index is 1120. The van der Waals surface area contributed by atoms with Crippen LogP contribution in [0.15, 0.2) is 42.6 Å². The van der Waals surface area contributed by atoms with Crippen LogP contribution in [0.5, 0.6) is 0 Å². The van der Waals surface area contributed by atoms with Gasteiger partial charge in [0.2, 0.25) is 5.91 Å². The molecule has 174 valence electrons. The molecule has 0 unspecified atom stereocenters. The molecule has 0 aliphatic heterocycles. The third-order valence-corrected chi connectivity index (χ3v) is 6.49. The van der Waals surface area contributed by atoms with Crippen LogP contribution in [0.1, 0.15) is 69.2 Å². The second-order valence-electron chi connectivity index (χ2n) is 8.75. The molecule has 33 heavy (non-hydrogen) atoms. The van der Waals surface area contributed by atoms with E-state index < -0.39 is 5.97 Å². The number of hydrogen-bond acceptors (Lipinski definition) is 5. The van der Waals surface area contributed by atoms with Gasteiger partial charge in [0.05, 0.1) is 18.3 Å². The van der Waals surface area contributed by atoms with Gasteiger partial charge in [-0.25, -0.2) is 9.78 Å². The summed E-state index contributed by atoms with van der Waals surface area (Å²) >= 11 is 0. The monoisotopic (exact) mass is 448 g/mol. The molecule has 0 spiro atoms. The summed E-state index contributed by atoms with van der Waals surface area (Å²) in [4.78, 5) is 30.4. The SMILES string of the molecule is CCCCC1CCC(C(=O)Nc2c(C(=O)OCC)cnn2-c2ccc3ccccc3n2)CC1. The van der Waals surface area contributed by atoms with Crippen molar-refractivity contribution in [1.82, 2.24) is 14.8 Å². The molecule has 7 heteroatoms. The number of nitrogens with one attached hydrogen (secondary N) is 1. The number of unbranched alkanes of at least 4 members (excludes halogenated alkanes) is 1. The molecule has 4 rings (SSSR count). The normalized spacial score (nSPS) is 18.2. The smallest absolute Gasteiger partial charge is 0.343 e. The van der Waals surface area contributed by atoms with Gasteiger partial charge < -0.3 is 10.1 Å². The van der Waals surface area contributed by atoms with Gasteiger partial charge in [0.15, 0.2) is 11.6 Å². The summed E-state index contributed by atoms with van der Waals surface area (Å²) in [5.74, 6) is 0.916. The zero-order chi connectivity index (χ0) is 23.2. The van der Waals surface area contributed by atoms with Crippen molar-refractivity contribution >= 4 is 28.6 Å². The van der Waals surface area contributed by atoms with Gasteiger partial charge in [0.1, 0.15) is 5.56 Å². The van der Waals surface area contributed by atoms with Crippen LogP contribution >= 0.6 is 0 Å². The number of pyridine rings is 1. The second-order valence-corrected chi connectivity index (χ2v) is 8.75. The average Bonchev–Trinajstić information content (AvgIpc) is 3.26. The van der Waals surface area contributed by atoms with Crippen LogP contribution in [0.25, 0.3) is 16.7 Å². The lowest BCUT2D eigenvalue weighted by molar-refractivity contribution is -0.121. The fourth-order valence-corrected chi connectivity index (χ4v) is 4.60. The van der Waals surface area contributed by atoms with Crippen molar-refractivity contribution in [2.75, 3.05) is 11.9 Å². The number of fused-ring (bicyclic) bond motifs is 1. The number of carbonyl (C=O) groups is 2. The highest BCUT2D eigenvalue weighted by molar-refractivity contribution is 6.01. The van der Waals surface area contributed by atoms with Gasteiger partial charge in [0.25, 0.3) is 0 Å². The van der Waals surface area contributed by atoms with Crippen LogP contribution in [0.3, 0.4) is 0 Å². The van der Waals surface area contributed by atoms with Crippen LogP contribution in [0, 0.1) is 11.8 Å². The molecule has 7 nitrogen and oxygen atoms in total. The van der Waals surface area contributed by atoms with Crippen molar-refractivity contribution in [2.45, 2.75) is 58.8 Å². The molecular formula is C26H32N4O3. The Labute approximate surface area is 194 Å². The molecule has 0 radical (unpaired) electrons. The molecule has 1 aliphatic rings. The lowest BCUT2D eigenvalue weighted by Crippen LogP contribution is -2.29. The quantitative estimate of drug-likeness (QED) is 0.458. The molecule has 0 atom stereocenters. The Hall–Kier alpha value is -3.22. The molecule has 2 aromatic heterocycles. The Morgan fingerprint density at radius 2 is 1.88 bits per heavy atom. The Morgan fingerprint density at radius 1 is 1.09 bits per heavy atom. The lowest BCUT2D eigenvalue weighted by Gasteiger charge is -2.27. The first kappa shape index (κ1) is 23.0. The maximum atomic E-state index is 13.2. The van der Waals surface area contributed by atoms with Gasteiger partial charge in [-0.05, 0) is 56.7 Å². The predicted molar refractivity (Wildman–Crippen MR) is 128 cm³/mol. The van der Waals surface area contributed by atoms with E-state index in [9.17, 15) is 9.59 Å². The zero-order valence-corrected chi connectivity index (χ0v) is 19.4. The van der Waals surface area contributed by atoms with Crippen LogP contribution in [-0.4, -0.2) is 33.2 Å². The maximum absolute atomic E-state index is 13.2. The number of ether oxygens (including phenoxy) is 1. The van der Waals surface area contributed by atoms with E-state index in [4.69, 9.17) is 4.74 Å². The number of nitrogens with zero attached hydrogens (tertiary/aromatic N) is 3. The minimum absolute atomic E-state index is 0.0640. The fraction of sp³-hybridized carbons (Fsp3) is 0.462. The fourth-order valence-electron chi connectivity index (χ4n) is 4.60. The van der Waals surface area contributed by atoms with Crippen molar-refractivity contribution in [1.29, 1.82) is 0 Å². The van der Waals surface area contributed by atoms with E-state index in [2.05, 4.69) is 22.3 Å². The van der Waals surface area contributed by atoms with Gasteiger partial charge in [-0.3, -0.25) is 4.79 Å². The number of carbonyl (C=O) groups excluding carboxylic acids is 2. The van der Waals surface area contributed by atoms with E-state index in [1.807, 2.05) is 36.4 Å². The predicted octanol–water partition coefficient (Wildman–Crippen LogP) is 5.53. The van der Waals surface area contributed by atoms with Crippen molar-refractivity contribution < 1.29 is 14.3 Å². The van der Waals surface area contributed by atoms with E-state index >= 15 is 0 Å². The third kappa shape index (κ3) is 5.24. The highest BCUT2D eigenvalue weighted by atomic mass is 16.5. The molecule has 2 heterocycles. The topological polar surface area (TPSA) is 86.1 Å². The van der Waals surface area contributed by atoms with E-state index in [1.54, 1.807) is 6.92 Å². The molecule has 3 aromatic rings. The van der Waals surface area contributed by atoms with Gasteiger partial charge in [-0.1, -0.05) is 44.4 Å². The van der Waals surface area contributed by atoms with E-state index in [0.717, 1.165) is 42.5 Å². The highest BCUT2D eigenvalue weighted by Crippen LogP contribution is 2.33. The molecule has 0 bridgehead atoms. The summed E-state index contributed by atoms with van der Waals surface area (Å²) in [7, 11) is 0. The molecule has 1 amide bonds. The third-order valence-electron chi connectivity index (χ3n) is 6.49. The second kappa shape index (κ2) is 10.6. The first-order chi connectivity index (χ1) is 16.1. The van der Waals surface area contributed by atoms with Gasteiger partial charge in [-0.2, -0.15) is 9.78 Å². The summed E-state index contributed by atoms with van der Waals surface area (Å²) in [6, 6.07) is 11.6. The molecule has 1 aliphatic carbocycles. The standard InChI is InChI=1S/C26H32N4O3/c1-3-5-8-18-11-13-20(14-12-18)25(31)29-24-21(26(32)33-4-2)17-27-30(24)23-16-15-19-9-6-7-10-22(19)28-23/h6-7,9-10,15-18,20H,3-5,8,11-14H2,1-2H3,(H,29,31). The first-order valence-electron chi connectivity index (χ1n) is 12.0. The van der Waals surface area contributed by atoms with Crippen LogP contribution in [0.4, 0.5) is 5.82 Å². The van der Waals surface area contributed by atoms with Crippen molar-refractivity contribution in [3.63, 3.8) is 0 Å². The van der Waals surface area contributed by atoms with Crippen LogP contribution < -0.4 is 5.32 Å². The Balaban J connectivity index is 1.58. The number of esters is 1. The summed E-state index contributed by atoms with van der Waals surface area (Å²) in [5, 5.41) is 8.38. The number of aromatic nitrogens is 3. The van der Waals surface area contributed by atoms with Crippen molar-refractivity contribution in [2.24, 2.45) is 11.8 Å². The molecular weight excluding hydrogens is 416 g/mol. The zero-order valence-electron chi connectivity index (χ0n) is 19.4. The van der Waals surface area contributed by atoms with Crippen LogP contribution in [-0.2, 0) is 9.53 Å². The van der Waals surface area contributed by atoms with Gasteiger partial charge >= 0.3 is 5.97 Å². The minimum atomic E-state index is -0.511. The summed E-state index contributed by atoms with van der Waals surface area (Å²) in [5.41, 5.74) is 1.04. The average molecular weight is 449 g/mol. The summed E-state index contributed by atoms with van der Waals surface area (Å²) in [6.45, 7) is 4.21. The number of hydrogen-bond donors (Lipinski definition) is 1. The largest absolute Gasteiger partial charge is 0.462 e. The highest BCUT2D eigenvalue weighted by Gasteiger charge is 2.29. The number of rotatable bonds is 8. The minimum Gasteiger partial charge on any atom is -0.462 e. The maximum Gasteiger partial charge on any atom is 0.343 e. The van der Waals surface area contributed by atoms with Gasteiger partial charge in [-0.15, -0.1) is 0 Å².